The van der Waals surface area contributed by atoms with E-state index in [0.29, 0.717) is 22.1 Å². The first-order valence-corrected chi connectivity index (χ1v) is 9.83. The summed E-state index contributed by atoms with van der Waals surface area (Å²) in [6, 6.07) is 9.21. The molecule has 12 nitrogen and oxygen atoms in total. The number of aromatic amines is 2. The molecule has 0 aliphatic carbocycles. The number of hydrogen-bond donors (Lipinski definition) is 3. The van der Waals surface area contributed by atoms with E-state index in [4.69, 9.17) is 9.47 Å². The SMILES string of the molecule is CCOC(=O)C(=N/N=C1\NN=C2N=c3[nH][nH]c(=O)c3=C(c3ccccc3)C21)C(=O)OCC. The van der Waals surface area contributed by atoms with Crippen LogP contribution in [0.4, 0.5) is 0 Å². The van der Waals surface area contributed by atoms with Gasteiger partial charge in [0.25, 0.3) is 11.3 Å². The van der Waals surface area contributed by atoms with E-state index >= 15 is 0 Å². The minimum absolute atomic E-state index is 0.0474. The maximum absolute atomic E-state index is 12.5. The van der Waals surface area contributed by atoms with Crippen molar-refractivity contribution in [1.29, 1.82) is 0 Å². The van der Waals surface area contributed by atoms with Gasteiger partial charge in [0.2, 0.25) is 0 Å². The van der Waals surface area contributed by atoms with Crippen LogP contribution in [-0.2, 0) is 19.1 Å². The summed E-state index contributed by atoms with van der Waals surface area (Å²) in [5.74, 6) is -2.07. The molecule has 3 N–H and O–H groups in total. The van der Waals surface area contributed by atoms with E-state index in [0.717, 1.165) is 5.56 Å². The Bertz CT molecular complexity index is 1310. The number of esters is 2. The molecular formula is C20H19N7O5. The standard InChI is InChI=1S/C20H19N7O5/c1-3-31-19(29)14(20(30)32-4-2)22-25-17-12-11(10-8-6-5-7-9-10)13-16(24-27-18(13)28)21-15(12)23-26-17/h5-9,12H,3-4H2,1-2H3,(H,25,26)(H,27,28)(H,21,23,24). The molecule has 1 unspecified atom stereocenters. The van der Waals surface area contributed by atoms with Crippen LogP contribution in [0.5, 0.6) is 0 Å². The number of carbonyl (C=O) groups excluding carboxylic acids is 2. The number of hydrogen-bond acceptors (Lipinski definition) is 9. The lowest BCUT2D eigenvalue weighted by Gasteiger charge is -2.17. The third kappa shape index (κ3) is 3.73. The van der Waals surface area contributed by atoms with Crippen molar-refractivity contribution < 1.29 is 19.1 Å². The Morgan fingerprint density at radius 1 is 1.06 bits per heavy atom. The summed E-state index contributed by atoms with van der Waals surface area (Å²) >= 11 is 0. The van der Waals surface area contributed by atoms with E-state index in [1.54, 1.807) is 13.8 Å². The van der Waals surface area contributed by atoms with Gasteiger partial charge in [0.15, 0.2) is 17.2 Å². The first-order chi connectivity index (χ1) is 15.5. The van der Waals surface area contributed by atoms with Gasteiger partial charge >= 0.3 is 11.9 Å². The Morgan fingerprint density at radius 2 is 1.75 bits per heavy atom. The average molecular weight is 437 g/mol. The number of nitrogens with zero attached hydrogens (tertiary/aromatic N) is 4. The zero-order chi connectivity index (χ0) is 22.7. The molecule has 0 bridgehead atoms. The molecule has 4 rings (SSSR count). The highest BCUT2D eigenvalue weighted by atomic mass is 16.6. The highest BCUT2D eigenvalue weighted by Gasteiger charge is 2.37. The van der Waals surface area contributed by atoms with Crippen LogP contribution in [0.15, 0.2) is 55.4 Å². The first-order valence-electron chi connectivity index (χ1n) is 9.83. The van der Waals surface area contributed by atoms with Gasteiger partial charge in [-0.2, -0.15) is 5.10 Å². The van der Waals surface area contributed by atoms with Gasteiger partial charge in [0.1, 0.15) is 5.92 Å². The van der Waals surface area contributed by atoms with Crippen LogP contribution < -0.4 is 21.7 Å². The van der Waals surface area contributed by atoms with E-state index in [2.05, 4.69) is 35.9 Å². The number of nitrogens with one attached hydrogen (secondary N) is 3. The lowest BCUT2D eigenvalue weighted by molar-refractivity contribution is -0.140. The zero-order valence-corrected chi connectivity index (χ0v) is 17.2. The van der Waals surface area contributed by atoms with Crippen molar-refractivity contribution in [3.05, 3.63) is 57.0 Å². The number of H-pyrrole nitrogens is 2. The van der Waals surface area contributed by atoms with Gasteiger partial charge in [-0.25, -0.2) is 14.6 Å². The van der Waals surface area contributed by atoms with Crippen molar-refractivity contribution in [2.45, 2.75) is 13.8 Å². The number of fused-ring (bicyclic) bond motifs is 2. The van der Waals surface area contributed by atoms with E-state index < -0.39 is 23.6 Å². The summed E-state index contributed by atoms with van der Waals surface area (Å²) in [5.41, 5.74) is 3.46. The van der Waals surface area contributed by atoms with Crippen molar-refractivity contribution >= 4 is 34.9 Å². The number of ether oxygens (including phenoxy) is 2. The number of hydrazone groups is 1. The molecule has 1 atom stereocenters. The Kier molecular flexibility index (Phi) is 5.75. The van der Waals surface area contributed by atoms with Gasteiger partial charge < -0.3 is 9.47 Å². The second kappa shape index (κ2) is 8.79. The van der Waals surface area contributed by atoms with E-state index in [-0.39, 0.29) is 24.6 Å². The van der Waals surface area contributed by atoms with Crippen molar-refractivity contribution in [2.75, 3.05) is 13.2 Å². The maximum atomic E-state index is 12.5. The molecule has 2 aromatic rings. The molecule has 12 heteroatoms. The van der Waals surface area contributed by atoms with Crippen molar-refractivity contribution in [3.63, 3.8) is 0 Å². The van der Waals surface area contributed by atoms with Gasteiger partial charge in [0, 0.05) is 0 Å². The summed E-state index contributed by atoms with van der Waals surface area (Å²) in [6.07, 6.45) is 0. The Hall–Kier alpha value is -4.35. The van der Waals surface area contributed by atoms with Crippen LogP contribution in [0.25, 0.3) is 5.57 Å². The molecule has 32 heavy (non-hydrogen) atoms. The Morgan fingerprint density at radius 3 is 2.41 bits per heavy atom. The van der Waals surface area contributed by atoms with Crippen LogP contribution >= 0.6 is 0 Å². The summed E-state index contributed by atoms with van der Waals surface area (Å²) in [4.78, 5) is 41.2. The number of aromatic nitrogens is 2. The summed E-state index contributed by atoms with van der Waals surface area (Å²) < 4.78 is 9.75. The van der Waals surface area contributed by atoms with Gasteiger partial charge in [-0.05, 0) is 25.0 Å². The maximum Gasteiger partial charge on any atom is 0.366 e. The number of amidine groups is 2. The molecule has 2 aliphatic heterocycles. The molecule has 1 aromatic heterocycles. The zero-order valence-electron chi connectivity index (χ0n) is 17.2. The number of benzene rings is 1. The largest absolute Gasteiger partial charge is 0.461 e. The fourth-order valence-electron chi connectivity index (χ4n) is 3.34. The molecule has 2 aliphatic rings. The van der Waals surface area contributed by atoms with Crippen LogP contribution in [0, 0.1) is 5.92 Å². The van der Waals surface area contributed by atoms with Gasteiger partial charge in [-0.1, -0.05) is 30.3 Å². The molecule has 3 heterocycles. The fourth-order valence-corrected chi connectivity index (χ4v) is 3.34. The molecule has 0 spiro atoms. The summed E-state index contributed by atoms with van der Waals surface area (Å²) in [6.45, 7) is 3.29. The van der Waals surface area contributed by atoms with Crippen LogP contribution in [0.1, 0.15) is 19.4 Å². The topological polar surface area (TPSA) is 163 Å². The van der Waals surface area contributed by atoms with Crippen LogP contribution in [-0.4, -0.2) is 52.7 Å². The minimum Gasteiger partial charge on any atom is -0.461 e. The number of carbonyl (C=O) groups is 2. The number of rotatable bonds is 6. The predicted molar refractivity (Wildman–Crippen MR) is 113 cm³/mol. The fraction of sp³-hybridized carbons (Fsp3) is 0.250. The molecule has 164 valence electrons. The molecule has 0 amide bonds. The lowest BCUT2D eigenvalue weighted by Crippen LogP contribution is -2.44. The second-order valence-electron chi connectivity index (χ2n) is 6.58. The smallest absolute Gasteiger partial charge is 0.366 e. The third-order valence-corrected chi connectivity index (χ3v) is 4.64. The van der Waals surface area contributed by atoms with Gasteiger partial charge in [-0.15, -0.1) is 10.2 Å². The molecule has 1 aromatic carbocycles. The Balaban J connectivity index is 1.84. The minimum atomic E-state index is -0.959. The van der Waals surface area contributed by atoms with E-state index in [1.165, 1.54) is 0 Å². The Labute approximate surface area is 180 Å². The first kappa shape index (κ1) is 20.9. The van der Waals surface area contributed by atoms with Crippen LogP contribution in [0.2, 0.25) is 0 Å². The summed E-state index contributed by atoms with van der Waals surface area (Å²) in [7, 11) is 0. The van der Waals surface area contributed by atoms with Gasteiger partial charge in [0.05, 0.1) is 18.4 Å². The normalized spacial score (nSPS) is 17.4. The van der Waals surface area contributed by atoms with Crippen molar-refractivity contribution in [1.82, 2.24) is 15.6 Å². The van der Waals surface area contributed by atoms with Gasteiger partial charge in [-0.3, -0.25) is 20.4 Å². The van der Waals surface area contributed by atoms with E-state index in [9.17, 15) is 14.4 Å². The molecule has 0 saturated heterocycles. The molecule has 0 saturated carbocycles. The monoisotopic (exact) mass is 437 g/mol. The predicted octanol–water partition coefficient (Wildman–Crippen LogP) is -1.05. The van der Waals surface area contributed by atoms with Crippen LogP contribution in [0.3, 0.4) is 0 Å². The second-order valence-corrected chi connectivity index (χ2v) is 6.58. The highest BCUT2D eigenvalue weighted by Crippen LogP contribution is 2.27. The third-order valence-electron chi connectivity index (χ3n) is 4.64. The molecule has 0 fully saturated rings. The lowest BCUT2D eigenvalue weighted by atomic mass is 9.88. The average Bonchev–Trinajstić information content (AvgIpc) is 3.37. The molecule has 0 radical (unpaired) electrons. The van der Waals surface area contributed by atoms with Crippen molar-refractivity contribution in [3.8, 4) is 0 Å². The molecular weight excluding hydrogens is 418 g/mol. The quantitative estimate of drug-likeness (QED) is 0.226. The highest BCUT2D eigenvalue weighted by molar-refractivity contribution is 6.62. The van der Waals surface area contributed by atoms with E-state index in [1.807, 2.05) is 30.3 Å². The van der Waals surface area contributed by atoms with Crippen molar-refractivity contribution in [2.24, 2.45) is 26.2 Å². The summed E-state index contributed by atoms with van der Waals surface area (Å²) in [5, 5.41) is 17.6.